The lowest BCUT2D eigenvalue weighted by atomic mass is 9.93. The quantitative estimate of drug-likeness (QED) is 0.807. The van der Waals surface area contributed by atoms with E-state index in [2.05, 4.69) is 15.2 Å². The van der Waals surface area contributed by atoms with E-state index in [0.29, 0.717) is 6.61 Å². The highest BCUT2D eigenvalue weighted by Crippen LogP contribution is 2.37. The van der Waals surface area contributed by atoms with Gasteiger partial charge in [-0.1, -0.05) is 25.7 Å². The summed E-state index contributed by atoms with van der Waals surface area (Å²) in [7, 11) is 0. The van der Waals surface area contributed by atoms with Gasteiger partial charge in [-0.15, -0.1) is 0 Å². The first-order valence-corrected chi connectivity index (χ1v) is 7.00. The van der Waals surface area contributed by atoms with E-state index < -0.39 is 0 Å². The van der Waals surface area contributed by atoms with Crippen molar-refractivity contribution >= 4 is 0 Å². The summed E-state index contributed by atoms with van der Waals surface area (Å²) in [5, 5.41) is 7.29. The molecule has 1 aliphatic rings. The molecular formula is C13H24N4O. The fourth-order valence-electron chi connectivity index (χ4n) is 2.69. The Morgan fingerprint density at radius 2 is 2.00 bits per heavy atom. The van der Waals surface area contributed by atoms with Crippen LogP contribution in [0.2, 0.25) is 0 Å². The standard InChI is InChI=1S/C13H24N4O/c1-3-18-13(8-6-4-5-7-9-13)12-15-11(10(2)14)16-17-12/h10H,3-9,14H2,1-2H3,(H,15,16,17). The summed E-state index contributed by atoms with van der Waals surface area (Å²) in [5.74, 6) is 1.53. The number of nitrogens with two attached hydrogens (primary N) is 1. The third kappa shape index (κ3) is 2.72. The lowest BCUT2D eigenvalue weighted by Gasteiger charge is -2.29. The number of hydrogen-bond acceptors (Lipinski definition) is 4. The van der Waals surface area contributed by atoms with Gasteiger partial charge in [0.25, 0.3) is 0 Å². The Kier molecular flexibility index (Phi) is 4.35. The Hall–Kier alpha value is -0.940. The molecule has 1 aromatic heterocycles. The summed E-state index contributed by atoms with van der Waals surface area (Å²) in [6, 6.07) is -0.115. The lowest BCUT2D eigenvalue weighted by molar-refractivity contribution is -0.0622. The van der Waals surface area contributed by atoms with Gasteiger partial charge in [0.2, 0.25) is 0 Å². The molecule has 3 N–H and O–H groups in total. The van der Waals surface area contributed by atoms with Gasteiger partial charge >= 0.3 is 0 Å². The van der Waals surface area contributed by atoms with E-state index in [9.17, 15) is 0 Å². The first-order valence-electron chi connectivity index (χ1n) is 7.00. The minimum Gasteiger partial charge on any atom is -0.367 e. The van der Waals surface area contributed by atoms with E-state index in [4.69, 9.17) is 10.5 Å². The molecule has 1 unspecified atom stereocenters. The van der Waals surface area contributed by atoms with Crippen LogP contribution in [0.3, 0.4) is 0 Å². The van der Waals surface area contributed by atoms with Crippen molar-refractivity contribution in [1.29, 1.82) is 0 Å². The first kappa shape index (κ1) is 13.5. The van der Waals surface area contributed by atoms with E-state index in [0.717, 1.165) is 24.5 Å². The van der Waals surface area contributed by atoms with Gasteiger partial charge in [-0.3, -0.25) is 5.10 Å². The molecule has 0 aliphatic heterocycles. The molecule has 1 aliphatic carbocycles. The molecule has 2 rings (SSSR count). The van der Waals surface area contributed by atoms with Gasteiger partial charge in [0.1, 0.15) is 11.4 Å². The number of nitrogens with one attached hydrogen (secondary N) is 1. The zero-order chi connectivity index (χ0) is 13.0. The molecule has 0 radical (unpaired) electrons. The second kappa shape index (κ2) is 5.80. The van der Waals surface area contributed by atoms with Crippen LogP contribution in [0.1, 0.15) is 70.1 Å². The van der Waals surface area contributed by atoms with Crippen LogP contribution in [-0.4, -0.2) is 21.8 Å². The fraction of sp³-hybridized carbons (Fsp3) is 0.846. The second-order valence-electron chi connectivity index (χ2n) is 5.17. The van der Waals surface area contributed by atoms with Crippen LogP contribution in [0, 0.1) is 0 Å². The van der Waals surface area contributed by atoms with Crippen molar-refractivity contribution < 1.29 is 4.74 Å². The Morgan fingerprint density at radius 3 is 2.50 bits per heavy atom. The molecule has 0 bridgehead atoms. The molecule has 5 heteroatoms. The summed E-state index contributed by atoms with van der Waals surface area (Å²) < 4.78 is 6.04. The Morgan fingerprint density at radius 1 is 1.33 bits per heavy atom. The molecule has 18 heavy (non-hydrogen) atoms. The maximum atomic E-state index is 6.04. The van der Waals surface area contributed by atoms with Crippen LogP contribution in [0.5, 0.6) is 0 Å². The van der Waals surface area contributed by atoms with Crippen LogP contribution in [0.25, 0.3) is 0 Å². The average molecular weight is 252 g/mol. The summed E-state index contributed by atoms with van der Waals surface area (Å²) in [5.41, 5.74) is 5.53. The molecule has 0 saturated heterocycles. The van der Waals surface area contributed by atoms with Crippen molar-refractivity contribution in [1.82, 2.24) is 15.2 Å². The van der Waals surface area contributed by atoms with Gasteiger partial charge in [0, 0.05) is 6.61 Å². The number of aromatic nitrogens is 3. The van der Waals surface area contributed by atoms with Crippen molar-refractivity contribution in [3.05, 3.63) is 11.6 Å². The first-order chi connectivity index (χ1) is 8.68. The highest BCUT2D eigenvalue weighted by Gasteiger charge is 2.37. The molecule has 1 atom stereocenters. The smallest absolute Gasteiger partial charge is 0.182 e. The van der Waals surface area contributed by atoms with Gasteiger partial charge in [-0.05, 0) is 26.7 Å². The van der Waals surface area contributed by atoms with Crippen molar-refractivity contribution in [2.24, 2.45) is 5.73 Å². The minimum atomic E-state index is -0.297. The summed E-state index contributed by atoms with van der Waals surface area (Å²) in [4.78, 5) is 4.55. The third-order valence-corrected chi connectivity index (χ3v) is 3.67. The fourth-order valence-corrected chi connectivity index (χ4v) is 2.69. The molecule has 1 aromatic rings. The van der Waals surface area contributed by atoms with Crippen LogP contribution in [-0.2, 0) is 10.3 Å². The van der Waals surface area contributed by atoms with Gasteiger partial charge < -0.3 is 10.5 Å². The normalized spacial score (nSPS) is 21.5. The zero-order valence-corrected chi connectivity index (χ0v) is 11.4. The number of aromatic amines is 1. The van der Waals surface area contributed by atoms with Crippen molar-refractivity contribution in [3.8, 4) is 0 Å². The number of rotatable bonds is 4. The van der Waals surface area contributed by atoms with Crippen LogP contribution in [0.15, 0.2) is 0 Å². The molecule has 1 saturated carbocycles. The summed E-state index contributed by atoms with van der Waals surface area (Å²) >= 11 is 0. The minimum absolute atomic E-state index is 0.115. The van der Waals surface area contributed by atoms with Gasteiger partial charge in [0.15, 0.2) is 5.82 Å². The van der Waals surface area contributed by atoms with Crippen LogP contribution < -0.4 is 5.73 Å². The zero-order valence-electron chi connectivity index (χ0n) is 11.4. The number of ether oxygens (including phenoxy) is 1. The Bertz CT molecular complexity index is 367. The van der Waals surface area contributed by atoms with Crippen LogP contribution in [0.4, 0.5) is 0 Å². The predicted octanol–water partition coefficient (Wildman–Crippen LogP) is 2.41. The van der Waals surface area contributed by atoms with Crippen molar-refractivity contribution in [3.63, 3.8) is 0 Å². The van der Waals surface area contributed by atoms with E-state index in [1.807, 2.05) is 13.8 Å². The van der Waals surface area contributed by atoms with Crippen molar-refractivity contribution in [2.75, 3.05) is 6.61 Å². The summed E-state index contributed by atoms with van der Waals surface area (Å²) in [6.07, 6.45) is 6.94. The largest absolute Gasteiger partial charge is 0.367 e. The molecule has 0 amide bonds. The molecule has 1 fully saturated rings. The third-order valence-electron chi connectivity index (χ3n) is 3.67. The average Bonchev–Trinajstić information content (AvgIpc) is 2.73. The van der Waals surface area contributed by atoms with E-state index in [1.165, 1.54) is 25.7 Å². The van der Waals surface area contributed by atoms with Gasteiger partial charge in [-0.2, -0.15) is 5.10 Å². The Labute approximate surface area is 109 Å². The maximum absolute atomic E-state index is 6.04. The van der Waals surface area contributed by atoms with Crippen LogP contribution >= 0.6 is 0 Å². The van der Waals surface area contributed by atoms with E-state index in [1.54, 1.807) is 0 Å². The molecule has 0 spiro atoms. The number of hydrogen-bond donors (Lipinski definition) is 2. The van der Waals surface area contributed by atoms with Gasteiger partial charge in [-0.25, -0.2) is 4.98 Å². The Balaban J connectivity index is 2.26. The maximum Gasteiger partial charge on any atom is 0.182 e. The predicted molar refractivity (Wildman–Crippen MR) is 70.0 cm³/mol. The van der Waals surface area contributed by atoms with E-state index in [-0.39, 0.29) is 11.6 Å². The highest BCUT2D eigenvalue weighted by atomic mass is 16.5. The number of nitrogens with zero attached hydrogens (tertiary/aromatic N) is 2. The topological polar surface area (TPSA) is 76.8 Å². The van der Waals surface area contributed by atoms with Crippen molar-refractivity contribution in [2.45, 2.75) is 64.0 Å². The molecule has 1 heterocycles. The molecular weight excluding hydrogens is 228 g/mol. The summed E-state index contributed by atoms with van der Waals surface area (Å²) in [6.45, 7) is 4.64. The van der Waals surface area contributed by atoms with Gasteiger partial charge in [0.05, 0.1) is 6.04 Å². The second-order valence-corrected chi connectivity index (χ2v) is 5.17. The monoisotopic (exact) mass is 252 g/mol. The molecule has 102 valence electrons. The SMILES string of the molecule is CCOC1(c2n[nH]c(C(C)N)n2)CCCCCC1. The molecule has 5 nitrogen and oxygen atoms in total. The highest BCUT2D eigenvalue weighted by molar-refractivity contribution is 5.05. The van der Waals surface area contributed by atoms with E-state index >= 15 is 0 Å². The number of H-pyrrole nitrogens is 1. The molecule has 0 aromatic carbocycles. The lowest BCUT2D eigenvalue weighted by Crippen LogP contribution is -2.31.